The molecule has 102 valence electrons. The van der Waals surface area contributed by atoms with Gasteiger partial charge in [0.05, 0.1) is 10.6 Å². The van der Waals surface area contributed by atoms with Crippen LogP contribution >= 0.6 is 23.2 Å². The van der Waals surface area contributed by atoms with Crippen LogP contribution in [0.3, 0.4) is 0 Å². The summed E-state index contributed by atoms with van der Waals surface area (Å²) < 4.78 is 5.46. The fourth-order valence-corrected chi connectivity index (χ4v) is 1.67. The van der Waals surface area contributed by atoms with Crippen LogP contribution in [0.25, 0.3) is 0 Å². The fourth-order valence-electron chi connectivity index (χ4n) is 1.33. The van der Waals surface area contributed by atoms with Gasteiger partial charge in [-0.2, -0.15) is 0 Å². The molecule has 0 radical (unpaired) electrons. The standard InChI is InChI=1S/C13H19Cl2NO2/c1-13(2,3)16-7-10(17)8-18-12-6-9(14)4-5-11(12)15/h4-6,10,16-17H,7-8H2,1-3H3/p+1/t10-/m1/s1. The highest BCUT2D eigenvalue weighted by molar-refractivity contribution is 6.34. The highest BCUT2D eigenvalue weighted by Crippen LogP contribution is 2.27. The quantitative estimate of drug-likeness (QED) is 0.873. The Balaban J connectivity index is 2.42. The molecule has 0 aromatic heterocycles. The maximum absolute atomic E-state index is 9.80. The van der Waals surface area contributed by atoms with E-state index in [0.29, 0.717) is 22.3 Å². The van der Waals surface area contributed by atoms with Gasteiger partial charge >= 0.3 is 0 Å². The molecule has 0 fully saturated rings. The number of aliphatic hydroxyl groups excluding tert-OH is 1. The first kappa shape index (κ1) is 15.6. The molecule has 0 aliphatic heterocycles. The first-order chi connectivity index (χ1) is 8.28. The lowest BCUT2D eigenvalue weighted by molar-refractivity contribution is -0.722. The first-order valence-corrected chi connectivity index (χ1v) is 6.64. The van der Waals surface area contributed by atoms with Crippen molar-refractivity contribution in [2.24, 2.45) is 0 Å². The summed E-state index contributed by atoms with van der Waals surface area (Å²) in [6.07, 6.45) is -0.542. The molecule has 5 heteroatoms. The molecule has 0 bridgehead atoms. The van der Waals surface area contributed by atoms with Crippen LogP contribution < -0.4 is 10.1 Å². The minimum absolute atomic E-state index is 0.0919. The molecule has 0 unspecified atom stereocenters. The molecule has 1 aromatic carbocycles. The number of quaternary nitrogens is 1. The molecule has 3 nitrogen and oxygen atoms in total. The van der Waals surface area contributed by atoms with E-state index in [1.807, 2.05) is 0 Å². The first-order valence-electron chi connectivity index (χ1n) is 5.88. The minimum atomic E-state index is -0.542. The van der Waals surface area contributed by atoms with E-state index in [9.17, 15) is 5.11 Å². The van der Waals surface area contributed by atoms with Gasteiger partial charge < -0.3 is 15.2 Å². The van der Waals surface area contributed by atoms with Crippen LogP contribution in [-0.4, -0.2) is 29.9 Å². The Morgan fingerprint density at radius 3 is 2.61 bits per heavy atom. The normalized spacial score (nSPS) is 13.4. The molecule has 0 spiro atoms. The van der Waals surface area contributed by atoms with E-state index in [1.165, 1.54) is 0 Å². The van der Waals surface area contributed by atoms with Gasteiger partial charge in [0.25, 0.3) is 0 Å². The molecule has 1 atom stereocenters. The zero-order valence-electron chi connectivity index (χ0n) is 10.9. The Morgan fingerprint density at radius 1 is 1.33 bits per heavy atom. The molecular formula is C13H20Cl2NO2+. The van der Waals surface area contributed by atoms with E-state index < -0.39 is 6.10 Å². The summed E-state index contributed by atoms with van der Waals surface area (Å²) in [5.74, 6) is 0.499. The molecule has 0 aliphatic carbocycles. The highest BCUT2D eigenvalue weighted by Gasteiger charge is 2.16. The topological polar surface area (TPSA) is 46.1 Å². The van der Waals surface area contributed by atoms with Crippen LogP contribution in [0.5, 0.6) is 5.75 Å². The van der Waals surface area contributed by atoms with E-state index in [-0.39, 0.29) is 12.1 Å². The van der Waals surface area contributed by atoms with Crippen molar-refractivity contribution in [3.8, 4) is 5.75 Å². The van der Waals surface area contributed by atoms with Crippen molar-refractivity contribution in [3.63, 3.8) is 0 Å². The monoisotopic (exact) mass is 292 g/mol. The van der Waals surface area contributed by atoms with Gasteiger partial charge in [0.1, 0.15) is 25.0 Å². The van der Waals surface area contributed by atoms with Gasteiger partial charge in [-0.1, -0.05) is 23.2 Å². The maximum atomic E-state index is 9.80. The lowest BCUT2D eigenvalue weighted by Gasteiger charge is -2.19. The summed E-state index contributed by atoms with van der Waals surface area (Å²) in [5, 5.41) is 12.9. The molecule has 3 N–H and O–H groups in total. The molecular weight excluding hydrogens is 273 g/mol. The second kappa shape index (κ2) is 6.62. The summed E-state index contributed by atoms with van der Waals surface area (Å²) in [4.78, 5) is 0. The van der Waals surface area contributed by atoms with Crippen LogP contribution in [0.1, 0.15) is 20.8 Å². The highest BCUT2D eigenvalue weighted by atomic mass is 35.5. The molecule has 18 heavy (non-hydrogen) atoms. The SMILES string of the molecule is CC(C)(C)[NH2+]C[C@@H](O)COc1cc(Cl)ccc1Cl. The summed E-state index contributed by atoms with van der Waals surface area (Å²) in [7, 11) is 0. The van der Waals surface area contributed by atoms with Gasteiger partial charge in [-0.25, -0.2) is 0 Å². The molecule has 1 rings (SSSR count). The average molecular weight is 293 g/mol. The Kier molecular flexibility index (Phi) is 5.73. The Hall–Kier alpha value is -0.480. The van der Waals surface area contributed by atoms with Crippen molar-refractivity contribution in [2.45, 2.75) is 32.4 Å². The molecule has 0 amide bonds. The van der Waals surface area contributed by atoms with Gasteiger partial charge in [0.15, 0.2) is 0 Å². The zero-order chi connectivity index (χ0) is 13.8. The van der Waals surface area contributed by atoms with Crippen LogP contribution in [0.4, 0.5) is 0 Å². The predicted octanol–water partition coefficient (Wildman–Crippen LogP) is 2.10. The predicted molar refractivity (Wildman–Crippen MR) is 74.5 cm³/mol. The number of hydrogen-bond acceptors (Lipinski definition) is 2. The van der Waals surface area contributed by atoms with Crippen LogP contribution in [-0.2, 0) is 0 Å². The Labute approximate surface area is 118 Å². The lowest BCUT2D eigenvalue weighted by atomic mass is 10.1. The number of nitrogens with two attached hydrogens (primary N) is 1. The van der Waals surface area contributed by atoms with Gasteiger partial charge in [-0.15, -0.1) is 0 Å². The van der Waals surface area contributed by atoms with E-state index in [4.69, 9.17) is 27.9 Å². The number of hydrogen-bond donors (Lipinski definition) is 2. The molecule has 0 saturated heterocycles. The summed E-state index contributed by atoms with van der Waals surface area (Å²) in [6, 6.07) is 5.01. The summed E-state index contributed by atoms with van der Waals surface area (Å²) >= 11 is 11.8. The fraction of sp³-hybridized carbons (Fsp3) is 0.538. The second-order valence-corrected chi connectivity index (χ2v) is 6.19. The zero-order valence-corrected chi connectivity index (χ0v) is 12.4. The van der Waals surface area contributed by atoms with Gasteiger partial charge in [-0.3, -0.25) is 0 Å². The van der Waals surface area contributed by atoms with Gasteiger partial charge in [0.2, 0.25) is 0 Å². The van der Waals surface area contributed by atoms with Gasteiger partial charge in [0, 0.05) is 11.1 Å². The minimum Gasteiger partial charge on any atom is -0.489 e. The number of ether oxygens (including phenoxy) is 1. The van der Waals surface area contributed by atoms with Crippen LogP contribution in [0.15, 0.2) is 18.2 Å². The summed E-state index contributed by atoms with van der Waals surface area (Å²) in [5.41, 5.74) is 0.0919. The van der Waals surface area contributed by atoms with E-state index >= 15 is 0 Å². The van der Waals surface area contributed by atoms with Crippen molar-refractivity contribution < 1.29 is 15.2 Å². The number of benzene rings is 1. The van der Waals surface area contributed by atoms with E-state index in [0.717, 1.165) is 0 Å². The van der Waals surface area contributed by atoms with Crippen molar-refractivity contribution in [1.82, 2.24) is 0 Å². The number of rotatable bonds is 5. The molecule has 0 heterocycles. The third kappa shape index (κ3) is 5.91. The summed E-state index contributed by atoms with van der Waals surface area (Å²) in [6.45, 7) is 7.06. The lowest BCUT2D eigenvalue weighted by Crippen LogP contribution is -2.96. The number of halogens is 2. The molecule has 1 aromatic rings. The Bertz CT molecular complexity index is 391. The molecule has 0 aliphatic rings. The molecule has 0 saturated carbocycles. The van der Waals surface area contributed by atoms with Crippen molar-refractivity contribution >= 4 is 23.2 Å². The smallest absolute Gasteiger partial charge is 0.139 e. The van der Waals surface area contributed by atoms with E-state index in [1.54, 1.807) is 18.2 Å². The van der Waals surface area contributed by atoms with Gasteiger partial charge in [-0.05, 0) is 32.9 Å². The van der Waals surface area contributed by atoms with Crippen LogP contribution in [0, 0.1) is 0 Å². The van der Waals surface area contributed by atoms with E-state index in [2.05, 4.69) is 26.1 Å². The average Bonchev–Trinajstić information content (AvgIpc) is 2.26. The Morgan fingerprint density at radius 2 is 2.00 bits per heavy atom. The number of aliphatic hydroxyl groups is 1. The third-order valence-corrected chi connectivity index (χ3v) is 2.87. The van der Waals surface area contributed by atoms with Crippen molar-refractivity contribution in [2.75, 3.05) is 13.2 Å². The van der Waals surface area contributed by atoms with Crippen molar-refractivity contribution in [3.05, 3.63) is 28.2 Å². The van der Waals surface area contributed by atoms with Crippen molar-refractivity contribution in [1.29, 1.82) is 0 Å². The second-order valence-electron chi connectivity index (χ2n) is 5.35. The largest absolute Gasteiger partial charge is 0.489 e. The van der Waals surface area contributed by atoms with Crippen LogP contribution in [0.2, 0.25) is 10.0 Å². The maximum Gasteiger partial charge on any atom is 0.139 e. The third-order valence-electron chi connectivity index (χ3n) is 2.33.